The van der Waals surface area contributed by atoms with Gasteiger partial charge in [0.15, 0.2) is 5.65 Å². The SMILES string of the molecule is CCN(CC)Cc1ccccc1Nc1ncnc2[nH]nc(-c3ccccc3)c12. The summed E-state index contributed by atoms with van der Waals surface area (Å²) in [6, 6.07) is 18.5. The molecule has 0 bridgehead atoms. The number of aromatic amines is 1. The van der Waals surface area contributed by atoms with Crippen molar-refractivity contribution >= 4 is 22.5 Å². The molecule has 0 aliphatic rings. The lowest BCUT2D eigenvalue weighted by molar-refractivity contribution is 0.296. The van der Waals surface area contributed by atoms with E-state index in [9.17, 15) is 0 Å². The average molecular weight is 372 g/mol. The lowest BCUT2D eigenvalue weighted by Gasteiger charge is -2.20. The van der Waals surface area contributed by atoms with Crippen molar-refractivity contribution in [1.82, 2.24) is 25.1 Å². The van der Waals surface area contributed by atoms with Crippen LogP contribution in [0.1, 0.15) is 19.4 Å². The molecular weight excluding hydrogens is 348 g/mol. The predicted molar refractivity (Wildman–Crippen MR) is 113 cm³/mol. The van der Waals surface area contributed by atoms with E-state index in [1.54, 1.807) is 6.33 Å². The highest BCUT2D eigenvalue weighted by Crippen LogP contribution is 2.32. The van der Waals surface area contributed by atoms with Gasteiger partial charge in [0.25, 0.3) is 0 Å². The van der Waals surface area contributed by atoms with Gasteiger partial charge in [-0.05, 0) is 24.7 Å². The third-order valence-corrected chi connectivity index (χ3v) is 4.96. The van der Waals surface area contributed by atoms with Gasteiger partial charge >= 0.3 is 0 Å². The highest BCUT2D eigenvalue weighted by atomic mass is 15.2. The standard InChI is InChI=1S/C22H24N6/c1-3-28(4-2)14-17-12-8-9-13-18(17)25-21-19-20(16-10-6-5-7-11-16)26-27-22(19)24-15-23-21/h5-13,15H,3-4,14H2,1-2H3,(H2,23,24,25,26,27). The Morgan fingerprint density at radius 2 is 1.68 bits per heavy atom. The number of hydrogen-bond acceptors (Lipinski definition) is 5. The second-order valence-corrected chi connectivity index (χ2v) is 6.63. The van der Waals surface area contributed by atoms with Crippen LogP contribution in [0.15, 0.2) is 60.9 Å². The van der Waals surface area contributed by atoms with Crippen molar-refractivity contribution < 1.29 is 0 Å². The van der Waals surface area contributed by atoms with Crippen LogP contribution in [0.5, 0.6) is 0 Å². The van der Waals surface area contributed by atoms with Crippen molar-refractivity contribution in [3.05, 3.63) is 66.5 Å². The van der Waals surface area contributed by atoms with Crippen LogP contribution in [-0.2, 0) is 6.54 Å². The molecule has 0 saturated heterocycles. The number of benzene rings is 2. The van der Waals surface area contributed by atoms with E-state index >= 15 is 0 Å². The number of nitrogens with zero attached hydrogens (tertiary/aromatic N) is 4. The van der Waals surface area contributed by atoms with Crippen molar-refractivity contribution in [1.29, 1.82) is 0 Å². The number of hydrogen-bond donors (Lipinski definition) is 2. The summed E-state index contributed by atoms with van der Waals surface area (Å²) >= 11 is 0. The van der Waals surface area contributed by atoms with E-state index in [4.69, 9.17) is 0 Å². The number of rotatable bonds is 7. The third-order valence-electron chi connectivity index (χ3n) is 4.96. The van der Waals surface area contributed by atoms with Gasteiger partial charge in [-0.15, -0.1) is 0 Å². The maximum Gasteiger partial charge on any atom is 0.161 e. The van der Waals surface area contributed by atoms with E-state index in [0.29, 0.717) is 0 Å². The van der Waals surface area contributed by atoms with Crippen LogP contribution in [0, 0.1) is 0 Å². The van der Waals surface area contributed by atoms with Gasteiger partial charge in [0, 0.05) is 17.8 Å². The monoisotopic (exact) mass is 372 g/mol. The molecule has 0 aliphatic carbocycles. The minimum Gasteiger partial charge on any atom is -0.339 e. The maximum absolute atomic E-state index is 4.53. The van der Waals surface area contributed by atoms with Gasteiger partial charge in [-0.3, -0.25) is 10.00 Å². The number of anilines is 2. The normalized spacial score (nSPS) is 11.2. The first-order valence-electron chi connectivity index (χ1n) is 9.62. The molecular formula is C22H24N6. The van der Waals surface area contributed by atoms with Crippen LogP contribution in [0.25, 0.3) is 22.3 Å². The number of fused-ring (bicyclic) bond motifs is 1. The van der Waals surface area contributed by atoms with Crippen LogP contribution < -0.4 is 5.32 Å². The lowest BCUT2D eigenvalue weighted by Crippen LogP contribution is -2.22. The lowest BCUT2D eigenvalue weighted by atomic mass is 10.1. The zero-order valence-electron chi connectivity index (χ0n) is 16.2. The summed E-state index contributed by atoms with van der Waals surface area (Å²) in [6.07, 6.45) is 1.56. The summed E-state index contributed by atoms with van der Waals surface area (Å²) in [5.41, 5.74) is 4.89. The molecule has 0 aliphatic heterocycles. The van der Waals surface area contributed by atoms with Crippen LogP contribution in [-0.4, -0.2) is 38.2 Å². The Morgan fingerprint density at radius 1 is 0.929 bits per heavy atom. The fourth-order valence-electron chi connectivity index (χ4n) is 3.35. The van der Waals surface area contributed by atoms with Crippen LogP contribution in [0.4, 0.5) is 11.5 Å². The quantitative estimate of drug-likeness (QED) is 0.496. The summed E-state index contributed by atoms with van der Waals surface area (Å²) in [5, 5.41) is 11.9. The predicted octanol–water partition coefficient (Wildman–Crippen LogP) is 4.61. The summed E-state index contributed by atoms with van der Waals surface area (Å²) in [4.78, 5) is 11.3. The van der Waals surface area contributed by atoms with Crippen LogP contribution in [0.2, 0.25) is 0 Å². The van der Waals surface area contributed by atoms with E-state index in [1.165, 1.54) is 5.56 Å². The Labute approximate surface area is 164 Å². The summed E-state index contributed by atoms with van der Waals surface area (Å²) < 4.78 is 0. The largest absolute Gasteiger partial charge is 0.339 e. The molecule has 4 rings (SSSR count). The molecule has 0 unspecified atom stereocenters. The Bertz CT molecular complexity index is 1050. The van der Waals surface area contributed by atoms with Gasteiger partial charge in [-0.2, -0.15) is 5.10 Å². The molecule has 4 aromatic rings. The summed E-state index contributed by atoms with van der Waals surface area (Å²) in [6.45, 7) is 7.29. The van der Waals surface area contributed by atoms with Gasteiger partial charge in [-0.1, -0.05) is 62.4 Å². The van der Waals surface area contributed by atoms with Gasteiger partial charge in [0.1, 0.15) is 17.8 Å². The van der Waals surface area contributed by atoms with Crippen LogP contribution >= 0.6 is 0 Å². The number of para-hydroxylation sites is 1. The molecule has 2 aromatic heterocycles. The molecule has 2 aromatic carbocycles. The molecule has 0 saturated carbocycles. The molecule has 0 amide bonds. The third kappa shape index (κ3) is 3.59. The molecule has 0 radical (unpaired) electrons. The maximum atomic E-state index is 4.53. The molecule has 6 nitrogen and oxygen atoms in total. The van der Waals surface area contributed by atoms with Crippen molar-refractivity contribution in [3.63, 3.8) is 0 Å². The molecule has 0 fully saturated rings. The van der Waals surface area contributed by atoms with Gasteiger partial charge in [0.2, 0.25) is 0 Å². The van der Waals surface area contributed by atoms with Gasteiger partial charge in [0.05, 0.1) is 5.39 Å². The zero-order chi connectivity index (χ0) is 19.3. The first-order valence-corrected chi connectivity index (χ1v) is 9.62. The minimum atomic E-state index is 0.720. The van der Waals surface area contributed by atoms with Gasteiger partial charge in [-0.25, -0.2) is 9.97 Å². The summed E-state index contributed by atoms with van der Waals surface area (Å²) in [7, 11) is 0. The van der Waals surface area contributed by atoms with Crippen LogP contribution in [0.3, 0.4) is 0 Å². The second-order valence-electron chi connectivity index (χ2n) is 6.63. The topological polar surface area (TPSA) is 69.7 Å². The van der Waals surface area contributed by atoms with Gasteiger partial charge < -0.3 is 5.32 Å². The van der Waals surface area contributed by atoms with E-state index in [0.717, 1.165) is 53.4 Å². The molecule has 142 valence electrons. The summed E-state index contributed by atoms with van der Waals surface area (Å²) in [5.74, 6) is 0.754. The molecule has 2 heterocycles. The van der Waals surface area contributed by atoms with Crippen molar-refractivity contribution in [3.8, 4) is 11.3 Å². The fraction of sp³-hybridized carbons (Fsp3) is 0.227. The smallest absolute Gasteiger partial charge is 0.161 e. The Kier molecular flexibility index (Phi) is 5.30. The number of nitrogens with one attached hydrogen (secondary N) is 2. The van der Waals surface area contributed by atoms with E-state index in [1.807, 2.05) is 36.4 Å². The second kappa shape index (κ2) is 8.19. The average Bonchev–Trinajstić information content (AvgIpc) is 3.19. The van der Waals surface area contributed by atoms with Crippen molar-refractivity contribution in [2.75, 3.05) is 18.4 Å². The van der Waals surface area contributed by atoms with Crippen molar-refractivity contribution in [2.45, 2.75) is 20.4 Å². The van der Waals surface area contributed by atoms with E-state index in [2.05, 4.69) is 62.4 Å². The Morgan fingerprint density at radius 3 is 2.46 bits per heavy atom. The zero-order valence-corrected chi connectivity index (χ0v) is 16.2. The first kappa shape index (κ1) is 18.1. The Balaban J connectivity index is 1.75. The number of H-pyrrole nitrogens is 1. The van der Waals surface area contributed by atoms with Crippen molar-refractivity contribution in [2.24, 2.45) is 0 Å². The highest BCUT2D eigenvalue weighted by Gasteiger charge is 2.15. The van der Waals surface area contributed by atoms with E-state index < -0.39 is 0 Å². The molecule has 0 atom stereocenters. The minimum absolute atomic E-state index is 0.720. The molecule has 2 N–H and O–H groups in total. The number of aromatic nitrogens is 4. The molecule has 0 spiro atoms. The highest BCUT2D eigenvalue weighted by molar-refractivity contribution is 5.99. The molecule has 28 heavy (non-hydrogen) atoms. The van der Waals surface area contributed by atoms with E-state index in [-0.39, 0.29) is 0 Å². The Hall–Kier alpha value is -3.25. The first-order chi connectivity index (χ1) is 13.8. The fourth-order valence-corrected chi connectivity index (χ4v) is 3.35. The molecule has 6 heteroatoms.